The minimum atomic E-state index is 0.101. The highest BCUT2D eigenvalue weighted by Crippen LogP contribution is 2.20. The van der Waals surface area contributed by atoms with E-state index in [1.54, 1.807) is 0 Å². The largest absolute Gasteiger partial charge is 0.396 e. The topological polar surface area (TPSA) is 43.8 Å². The lowest BCUT2D eigenvalue weighted by molar-refractivity contribution is -0.119. The van der Waals surface area contributed by atoms with Gasteiger partial charge in [0.25, 0.3) is 0 Å². The summed E-state index contributed by atoms with van der Waals surface area (Å²) in [6.07, 6.45) is 0.966. The van der Waals surface area contributed by atoms with E-state index in [2.05, 4.69) is 4.90 Å². The molecule has 0 bridgehead atoms. The van der Waals surface area contributed by atoms with Crippen molar-refractivity contribution >= 4 is 11.6 Å². The summed E-state index contributed by atoms with van der Waals surface area (Å²) in [4.78, 5) is 16.9. The number of para-hydroxylation sites is 1. The Morgan fingerprint density at radius 3 is 2.38 bits per heavy atom. The molecule has 1 fully saturated rings. The van der Waals surface area contributed by atoms with Gasteiger partial charge in [-0.15, -0.1) is 0 Å². The molecule has 1 saturated heterocycles. The van der Waals surface area contributed by atoms with Crippen molar-refractivity contribution in [2.45, 2.75) is 13.0 Å². The second-order valence-electron chi connectivity index (χ2n) is 6.37. The molecule has 1 aliphatic heterocycles. The van der Waals surface area contributed by atoms with Crippen molar-refractivity contribution in [1.29, 1.82) is 0 Å². The number of aliphatic hydroxyl groups excluding tert-OH is 1. The van der Waals surface area contributed by atoms with E-state index < -0.39 is 0 Å². The molecule has 1 N–H and O–H groups in total. The molecule has 3 rings (SSSR count). The Kier molecular flexibility index (Phi) is 5.62. The van der Waals surface area contributed by atoms with E-state index in [0.29, 0.717) is 19.0 Å². The van der Waals surface area contributed by atoms with Crippen LogP contribution in [0.1, 0.15) is 12.0 Å². The number of anilines is 1. The smallest absolute Gasteiger partial charge is 0.241 e. The van der Waals surface area contributed by atoms with Crippen molar-refractivity contribution in [3.05, 3.63) is 66.2 Å². The zero-order valence-electron chi connectivity index (χ0n) is 13.8. The third kappa shape index (κ3) is 4.22. The second kappa shape index (κ2) is 8.08. The molecule has 2 aromatic carbocycles. The number of nitrogens with zero attached hydrogens (tertiary/aromatic N) is 2. The maximum Gasteiger partial charge on any atom is 0.241 e. The van der Waals surface area contributed by atoms with Crippen LogP contribution in [-0.4, -0.2) is 42.2 Å². The molecule has 4 heteroatoms. The first-order valence-corrected chi connectivity index (χ1v) is 8.49. The van der Waals surface area contributed by atoms with Gasteiger partial charge in [-0.05, 0) is 36.6 Å². The average Bonchev–Trinajstić information content (AvgIpc) is 3.09. The molecular formula is C20H24N2O2. The Balaban J connectivity index is 1.73. The molecule has 2 aromatic rings. The number of hydrogen-bond donors (Lipinski definition) is 1. The Bertz CT molecular complexity index is 645. The van der Waals surface area contributed by atoms with Gasteiger partial charge >= 0.3 is 0 Å². The minimum absolute atomic E-state index is 0.101. The van der Waals surface area contributed by atoms with E-state index in [0.717, 1.165) is 30.8 Å². The number of hydrogen-bond acceptors (Lipinski definition) is 3. The Morgan fingerprint density at radius 2 is 1.75 bits per heavy atom. The van der Waals surface area contributed by atoms with Gasteiger partial charge in [0.05, 0.1) is 13.1 Å². The number of likely N-dealkylation sites (tertiary alicyclic amines) is 1. The minimum Gasteiger partial charge on any atom is -0.396 e. The molecule has 1 amide bonds. The average molecular weight is 324 g/mol. The molecular weight excluding hydrogens is 300 g/mol. The highest BCUT2D eigenvalue weighted by Gasteiger charge is 2.25. The van der Waals surface area contributed by atoms with Gasteiger partial charge in [0, 0.05) is 18.8 Å². The summed E-state index contributed by atoms with van der Waals surface area (Å²) in [7, 11) is 0. The molecule has 0 aliphatic carbocycles. The Labute approximate surface area is 143 Å². The zero-order chi connectivity index (χ0) is 16.8. The maximum absolute atomic E-state index is 12.9. The van der Waals surface area contributed by atoms with Gasteiger partial charge in [-0.1, -0.05) is 48.5 Å². The lowest BCUT2D eigenvalue weighted by Gasteiger charge is -2.26. The summed E-state index contributed by atoms with van der Waals surface area (Å²) >= 11 is 0. The standard InChI is InChI=1S/C20H24N2O2/c23-16-18-11-12-21(13-18)15-20(24)22(19-9-5-2-6-10-19)14-17-7-3-1-4-8-17/h1-10,18,23H,11-16H2. The summed E-state index contributed by atoms with van der Waals surface area (Å²) in [5.41, 5.74) is 2.04. The van der Waals surface area contributed by atoms with E-state index in [1.165, 1.54) is 0 Å². The van der Waals surface area contributed by atoms with Crippen molar-refractivity contribution in [2.75, 3.05) is 31.1 Å². The third-order valence-corrected chi connectivity index (χ3v) is 4.54. The number of carbonyl (C=O) groups is 1. The van der Waals surface area contributed by atoms with Crippen LogP contribution in [0.3, 0.4) is 0 Å². The summed E-state index contributed by atoms with van der Waals surface area (Å²) in [5, 5.41) is 9.28. The molecule has 0 radical (unpaired) electrons. The van der Waals surface area contributed by atoms with Crippen LogP contribution >= 0.6 is 0 Å². The molecule has 1 unspecified atom stereocenters. The van der Waals surface area contributed by atoms with E-state index in [9.17, 15) is 9.90 Å². The zero-order valence-corrected chi connectivity index (χ0v) is 13.8. The molecule has 0 spiro atoms. The molecule has 1 aliphatic rings. The SMILES string of the molecule is O=C(CN1CCC(CO)C1)N(Cc1ccccc1)c1ccccc1. The van der Waals surface area contributed by atoms with Gasteiger partial charge in [0.1, 0.15) is 0 Å². The molecule has 1 heterocycles. The van der Waals surface area contributed by atoms with Crippen molar-refractivity contribution in [3.8, 4) is 0 Å². The summed E-state index contributed by atoms with van der Waals surface area (Å²) in [6, 6.07) is 19.9. The van der Waals surface area contributed by atoms with E-state index in [1.807, 2.05) is 65.6 Å². The number of amides is 1. The van der Waals surface area contributed by atoms with Crippen LogP contribution in [-0.2, 0) is 11.3 Å². The first kappa shape index (κ1) is 16.7. The van der Waals surface area contributed by atoms with Crippen molar-refractivity contribution in [3.63, 3.8) is 0 Å². The number of carbonyl (C=O) groups excluding carboxylic acids is 1. The molecule has 24 heavy (non-hydrogen) atoms. The first-order chi connectivity index (χ1) is 11.8. The highest BCUT2D eigenvalue weighted by atomic mass is 16.3. The summed E-state index contributed by atoms with van der Waals surface area (Å²) in [5.74, 6) is 0.403. The van der Waals surface area contributed by atoms with Crippen LogP contribution in [0.25, 0.3) is 0 Å². The highest BCUT2D eigenvalue weighted by molar-refractivity contribution is 5.94. The van der Waals surface area contributed by atoms with Gasteiger partial charge in [-0.2, -0.15) is 0 Å². The number of aliphatic hydroxyl groups is 1. The van der Waals surface area contributed by atoms with Crippen LogP contribution in [0.15, 0.2) is 60.7 Å². The van der Waals surface area contributed by atoms with Crippen LogP contribution in [0.4, 0.5) is 5.69 Å². The molecule has 126 valence electrons. The lowest BCUT2D eigenvalue weighted by atomic mass is 10.1. The van der Waals surface area contributed by atoms with Gasteiger partial charge in [0.15, 0.2) is 0 Å². The van der Waals surface area contributed by atoms with Crippen molar-refractivity contribution < 1.29 is 9.90 Å². The fraction of sp³-hybridized carbons (Fsp3) is 0.350. The van der Waals surface area contributed by atoms with Gasteiger partial charge in [-0.3, -0.25) is 9.69 Å². The Hall–Kier alpha value is -2.17. The number of benzene rings is 2. The van der Waals surface area contributed by atoms with Gasteiger partial charge in [-0.25, -0.2) is 0 Å². The summed E-state index contributed by atoms with van der Waals surface area (Å²) in [6.45, 7) is 2.86. The fourth-order valence-electron chi connectivity index (χ4n) is 3.18. The molecule has 0 saturated carbocycles. The maximum atomic E-state index is 12.9. The van der Waals surface area contributed by atoms with Crippen LogP contribution in [0, 0.1) is 5.92 Å². The third-order valence-electron chi connectivity index (χ3n) is 4.54. The monoisotopic (exact) mass is 324 g/mol. The second-order valence-corrected chi connectivity index (χ2v) is 6.37. The number of rotatable bonds is 6. The molecule has 1 atom stereocenters. The van der Waals surface area contributed by atoms with E-state index in [-0.39, 0.29) is 12.5 Å². The lowest BCUT2D eigenvalue weighted by Crippen LogP contribution is -2.39. The van der Waals surface area contributed by atoms with Gasteiger partial charge in [0.2, 0.25) is 5.91 Å². The van der Waals surface area contributed by atoms with Crippen molar-refractivity contribution in [1.82, 2.24) is 4.90 Å². The predicted molar refractivity (Wildman–Crippen MR) is 95.7 cm³/mol. The normalized spacial score (nSPS) is 17.8. The Morgan fingerprint density at radius 1 is 1.08 bits per heavy atom. The van der Waals surface area contributed by atoms with Crippen LogP contribution in [0.5, 0.6) is 0 Å². The predicted octanol–water partition coefficient (Wildman–Crippen LogP) is 2.53. The molecule has 4 nitrogen and oxygen atoms in total. The molecule has 0 aromatic heterocycles. The quantitative estimate of drug-likeness (QED) is 0.888. The summed E-state index contributed by atoms with van der Waals surface area (Å²) < 4.78 is 0. The van der Waals surface area contributed by atoms with Gasteiger partial charge < -0.3 is 10.0 Å². The fourth-order valence-corrected chi connectivity index (χ4v) is 3.18. The van der Waals surface area contributed by atoms with Crippen LogP contribution < -0.4 is 4.90 Å². The van der Waals surface area contributed by atoms with E-state index >= 15 is 0 Å². The first-order valence-electron chi connectivity index (χ1n) is 8.49. The van der Waals surface area contributed by atoms with E-state index in [4.69, 9.17) is 0 Å². The van der Waals surface area contributed by atoms with Crippen LogP contribution in [0.2, 0.25) is 0 Å². The van der Waals surface area contributed by atoms with Crippen molar-refractivity contribution in [2.24, 2.45) is 5.92 Å².